The van der Waals surface area contributed by atoms with E-state index in [-0.39, 0.29) is 17.1 Å². The summed E-state index contributed by atoms with van der Waals surface area (Å²) in [6.45, 7) is 1.58. The maximum atomic E-state index is 14.1. The van der Waals surface area contributed by atoms with E-state index in [1.54, 1.807) is 28.8 Å². The summed E-state index contributed by atoms with van der Waals surface area (Å²) in [5, 5.41) is 9.14. The monoisotopic (exact) mass is 392 g/mol. The van der Waals surface area contributed by atoms with E-state index in [9.17, 15) is 9.18 Å². The zero-order valence-corrected chi connectivity index (χ0v) is 16.1. The quantitative estimate of drug-likeness (QED) is 0.746. The van der Waals surface area contributed by atoms with E-state index in [4.69, 9.17) is 0 Å². The van der Waals surface area contributed by atoms with Crippen molar-refractivity contribution in [1.29, 1.82) is 0 Å². The standard InChI is InChI=1S/C18H21FN4OS2/c19-14-7-4-3-6-13(14)17-23(10-11-25-17)16(24)12-26-18-21-20-15-8-2-1-5-9-22(15)18/h3-4,6-7,17H,1-2,5,8-12H2/t17-/m0/s1. The molecule has 0 radical (unpaired) electrons. The molecule has 0 saturated carbocycles. The number of hydrogen-bond donors (Lipinski definition) is 0. The van der Waals surface area contributed by atoms with Crippen LogP contribution < -0.4 is 0 Å². The Labute approximate surface area is 160 Å². The summed E-state index contributed by atoms with van der Waals surface area (Å²) in [7, 11) is 0. The lowest BCUT2D eigenvalue weighted by Crippen LogP contribution is -2.32. The molecule has 3 heterocycles. The van der Waals surface area contributed by atoms with Crippen molar-refractivity contribution in [3.8, 4) is 0 Å². The molecule has 1 fully saturated rings. The largest absolute Gasteiger partial charge is 0.325 e. The predicted octanol–water partition coefficient (Wildman–Crippen LogP) is 3.51. The molecule has 5 nitrogen and oxygen atoms in total. The number of carbonyl (C=O) groups is 1. The van der Waals surface area contributed by atoms with Gasteiger partial charge < -0.3 is 9.47 Å². The SMILES string of the molecule is O=C(CSc1nnc2n1CCCCC2)N1CCS[C@H]1c1ccccc1F. The van der Waals surface area contributed by atoms with Crippen molar-refractivity contribution < 1.29 is 9.18 Å². The molecule has 2 aromatic rings. The molecule has 2 aliphatic rings. The van der Waals surface area contributed by atoms with E-state index in [2.05, 4.69) is 14.8 Å². The van der Waals surface area contributed by atoms with Gasteiger partial charge in [0.1, 0.15) is 17.0 Å². The molecule has 2 aliphatic heterocycles. The highest BCUT2D eigenvalue weighted by Crippen LogP contribution is 2.39. The molecule has 0 aliphatic carbocycles. The number of amides is 1. The third-order valence-corrected chi connectivity index (χ3v) is 6.98. The zero-order valence-electron chi connectivity index (χ0n) is 14.4. The van der Waals surface area contributed by atoms with Gasteiger partial charge in [0.05, 0.1) is 5.75 Å². The Morgan fingerprint density at radius 3 is 3.00 bits per heavy atom. The Hall–Kier alpha value is -1.54. The van der Waals surface area contributed by atoms with Gasteiger partial charge in [-0.2, -0.15) is 0 Å². The van der Waals surface area contributed by atoms with Gasteiger partial charge in [-0.25, -0.2) is 4.39 Å². The molecular weight excluding hydrogens is 371 g/mol. The van der Waals surface area contributed by atoms with Gasteiger partial charge in [0.25, 0.3) is 0 Å². The Bertz CT molecular complexity index is 797. The normalized spacial score (nSPS) is 20.0. The third-order valence-electron chi connectivity index (χ3n) is 4.78. The van der Waals surface area contributed by atoms with Gasteiger partial charge in [-0.05, 0) is 18.9 Å². The molecule has 0 bridgehead atoms. The van der Waals surface area contributed by atoms with Crippen LogP contribution in [0.3, 0.4) is 0 Å². The van der Waals surface area contributed by atoms with Crippen molar-refractivity contribution in [2.75, 3.05) is 18.1 Å². The maximum Gasteiger partial charge on any atom is 0.234 e. The fourth-order valence-corrected chi connectivity index (χ4v) is 5.60. The summed E-state index contributed by atoms with van der Waals surface area (Å²) in [6, 6.07) is 6.72. The molecule has 1 aromatic heterocycles. The maximum absolute atomic E-state index is 14.1. The first kappa shape index (κ1) is 17.9. The lowest BCUT2D eigenvalue weighted by Gasteiger charge is -2.24. The van der Waals surface area contributed by atoms with E-state index in [0.29, 0.717) is 17.9 Å². The Morgan fingerprint density at radius 1 is 1.23 bits per heavy atom. The van der Waals surface area contributed by atoms with Gasteiger partial charge in [0, 0.05) is 30.8 Å². The molecule has 1 amide bonds. The average Bonchev–Trinajstić information content (AvgIpc) is 3.21. The molecule has 8 heteroatoms. The van der Waals surface area contributed by atoms with Crippen molar-refractivity contribution in [1.82, 2.24) is 19.7 Å². The number of halogens is 1. The first-order valence-corrected chi connectivity index (χ1v) is 11.0. The van der Waals surface area contributed by atoms with Crippen LogP contribution in [0.4, 0.5) is 4.39 Å². The highest BCUT2D eigenvalue weighted by atomic mass is 32.2. The zero-order chi connectivity index (χ0) is 17.9. The van der Waals surface area contributed by atoms with Gasteiger partial charge >= 0.3 is 0 Å². The Balaban J connectivity index is 1.43. The van der Waals surface area contributed by atoms with Crippen LogP contribution in [0.5, 0.6) is 0 Å². The van der Waals surface area contributed by atoms with Crippen molar-refractivity contribution in [2.45, 2.75) is 42.8 Å². The summed E-state index contributed by atoms with van der Waals surface area (Å²) in [4.78, 5) is 14.6. The number of nitrogens with zero attached hydrogens (tertiary/aromatic N) is 4. The summed E-state index contributed by atoms with van der Waals surface area (Å²) in [5.74, 6) is 1.94. The van der Waals surface area contributed by atoms with Crippen LogP contribution in [0, 0.1) is 5.82 Å². The number of fused-ring (bicyclic) bond motifs is 1. The number of aryl methyl sites for hydroxylation is 1. The second kappa shape index (κ2) is 8.00. The first-order valence-electron chi connectivity index (χ1n) is 8.94. The predicted molar refractivity (Wildman–Crippen MR) is 102 cm³/mol. The minimum atomic E-state index is -0.250. The van der Waals surface area contributed by atoms with Crippen LogP contribution >= 0.6 is 23.5 Å². The van der Waals surface area contributed by atoms with Crippen molar-refractivity contribution >= 4 is 29.4 Å². The molecule has 1 atom stereocenters. The molecule has 4 rings (SSSR count). The lowest BCUT2D eigenvalue weighted by molar-refractivity contribution is -0.128. The van der Waals surface area contributed by atoms with Crippen molar-refractivity contribution in [3.05, 3.63) is 41.5 Å². The number of carbonyl (C=O) groups excluding carboxylic acids is 1. The van der Waals surface area contributed by atoms with Gasteiger partial charge in [0.2, 0.25) is 5.91 Å². The summed E-state index contributed by atoms with van der Waals surface area (Å²) in [6.07, 6.45) is 4.45. The van der Waals surface area contributed by atoms with Gasteiger partial charge in [-0.3, -0.25) is 4.79 Å². The molecule has 0 N–H and O–H groups in total. The van der Waals surface area contributed by atoms with Crippen LogP contribution in [0.25, 0.3) is 0 Å². The summed E-state index contributed by atoms with van der Waals surface area (Å²) in [5.41, 5.74) is 0.588. The van der Waals surface area contributed by atoms with Crippen LogP contribution in [0.1, 0.15) is 36.0 Å². The molecule has 0 unspecified atom stereocenters. The van der Waals surface area contributed by atoms with E-state index in [1.807, 2.05) is 6.07 Å². The van der Waals surface area contributed by atoms with E-state index in [1.165, 1.54) is 24.2 Å². The van der Waals surface area contributed by atoms with Crippen LogP contribution in [0.2, 0.25) is 0 Å². The van der Waals surface area contributed by atoms with Crippen molar-refractivity contribution in [2.24, 2.45) is 0 Å². The number of aromatic nitrogens is 3. The average molecular weight is 393 g/mol. The highest BCUT2D eigenvalue weighted by molar-refractivity contribution is 8.00. The summed E-state index contributed by atoms with van der Waals surface area (Å²) < 4.78 is 16.3. The van der Waals surface area contributed by atoms with E-state index in [0.717, 1.165) is 42.5 Å². The van der Waals surface area contributed by atoms with Crippen LogP contribution in [-0.4, -0.2) is 43.6 Å². The number of thioether (sulfide) groups is 2. The Morgan fingerprint density at radius 2 is 2.12 bits per heavy atom. The lowest BCUT2D eigenvalue weighted by atomic mass is 10.2. The molecule has 0 spiro atoms. The van der Waals surface area contributed by atoms with E-state index >= 15 is 0 Å². The van der Waals surface area contributed by atoms with Gasteiger partial charge in [-0.1, -0.05) is 36.4 Å². The summed E-state index contributed by atoms with van der Waals surface area (Å²) >= 11 is 3.06. The fourth-order valence-electron chi connectivity index (χ4n) is 3.43. The topological polar surface area (TPSA) is 51.0 Å². The van der Waals surface area contributed by atoms with E-state index < -0.39 is 0 Å². The molecule has 138 valence electrons. The molecular formula is C18H21FN4OS2. The highest BCUT2D eigenvalue weighted by Gasteiger charge is 2.32. The number of hydrogen-bond acceptors (Lipinski definition) is 5. The minimum Gasteiger partial charge on any atom is -0.325 e. The first-order chi connectivity index (χ1) is 12.7. The molecule has 1 saturated heterocycles. The van der Waals surface area contributed by atoms with Gasteiger partial charge in [0.15, 0.2) is 5.16 Å². The smallest absolute Gasteiger partial charge is 0.234 e. The second-order valence-electron chi connectivity index (χ2n) is 6.48. The van der Waals surface area contributed by atoms with Gasteiger partial charge in [-0.15, -0.1) is 22.0 Å². The van der Waals surface area contributed by atoms with Crippen LogP contribution in [-0.2, 0) is 17.8 Å². The second-order valence-corrected chi connectivity index (χ2v) is 8.61. The molecule has 26 heavy (non-hydrogen) atoms. The van der Waals surface area contributed by atoms with Crippen LogP contribution in [0.15, 0.2) is 29.4 Å². The fraction of sp³-hybridized carbons (Fsp3) is 0.500. The minimum absolute atomic E-state index is 0.0271. The Kier molecular flexibility index (Phi) is 5.49. The van der Waals surface area contributed by atoms with Crippen molar-refractivity contribution in [3.63, 3.8) is 0 Å². The number of benzene rings is 1. The molecule has 1 aromatic carbocycles. The number of rotatable bonds is 4. The third kappa shape index (κ3) is 3.62.